The molecule has 142 valence electrons. The first kappa shape index (κ1) is 18.9. The van der Waals surface area contributed by atoms with Crippen molar-refractivity contribution in [3.05, 3.63) is 72.6 Å². The standard InChI is InChI=1S/C21H20N4O3/c1-14(26)23-16-4-3-5-17(12-16)24-18-8-11-20(22-13-18)21(27)25-15-6-9-19(28-2)10-7-15/h3-13,24H,1-2H3,(H,23,26)(H,25,27). The lowest BCUT2D eigenvalue weighted by atomic mass is 10.2. The zero-order chi connectivity index (χ0) is 19.9. The fourth-order valence-electron chi connectivity index (χ4n) is 2.52. The van der Waals surface area contributed by atoms with Crippen molar-refractivity contribution >= 4 is 34.6 Å². The molecule has 2 amide bonds. The van der Waals surface area contributed by atoms with Crippen LogP contribution in [0.1, 0.15) is 17.4 Å². The van der Waals surface area contributed by atoms with E-state index in [1.54, 1.807) is 55.8 Å². The number of benzene rings is 2. The minimum atomic E-state index is -0.302. The maximum Gasteiger partial charge on any atom is 0.274 e. The number of carbonyl (C=O) groups excluding carboxylic acids is 2. The van der Waals surface area contributed by atoms with Gasteiger partial charge in [-0.15, -0.1) is 0 Å². The van der Waals surface area contributed by atoms with Crippen LogP contribution >= 0.6 is 0 Å². The van der Waals surface area contributed by atoms with Gasteiger partial charge in [0.15, 0.2) is 0 Å². The first-order valence-corrected chi connectivity index (χ1v) is 8.59. The van der Waals surface area contributed by atoms with Gasteiger partial charge in [-0.3, -0.25) is 9.59 Å². The monoisotopic (exact) mass is 376 g/mol. The van der Waals surface area contributed by atoms with E-state index in [4.69, 9.17) is 4.74 Å². The largest absolute Gasteiger partial charge is 0.497 e. The number of aromatic nitrogens is 1. The van der Waals surface area contributed by atoms with Crippen LogP contribution in [-0.2, 0) is 4.79 Å². The predicted octanol–water partition coefficient (Wildman–Crippen LogP) is 4.04. The molecule has 7 heteroatoms. The first-order chi connectivity index (χ1) is 13.5. The SMILES string of the molecule is COc1ccc(NC(=O)c2ccc(Nc3cccc(NC(C)=O)c3)cn2)cc1. The molecule has 3 rings (SSSR count). The van der Waals surface area contributed by atoms with E-state index in [-0.39, 0.29) is 11.8 Å². The van der Waals surface area contributed by atoms with E-state index in [1.165, 1.54) is 6.92 Å². The second kappa shape index (κ2) is 8.68. The summed E-state index contributed by atoms with van der Waals surface area (Å²) >= 11 is 0. The Morgan fingerprint density at radius 3 is 2.21 bits per heavy atom. The Balaban J connectivity index is 1.64. The van der Waals surface area contributed by atoms with E-state index in [9.17, 15) is 9.59 Å². The number of carbonyl (C=O) groups is 2. The highest BCUT2D eigenvalue weighted by atomic mass is 16.5. The molecule has 3 N–H and O–H groups in total. The third-order valence-electron chi connectivity index (χ3n) is 3.82. The number of nitrogens with zero attached hydrogens (tertiary/aromatic N) is 1. The van der Waals surface area contributed by atoms with E-state index in [0.717, 1.165) is 11.4 Å². The topological polar surface area (TPSA) is 92.4 Å². The number of ether oxygens (including phenoxy) is 1. The minimum Gasteiger partial charge on any atom is -0.497 e. The molecule has 0 atom stereocenters. The molecule has 28 heavy (non-hydrogen) atoms. The van der Waals surface area contributed by atoms with Gasteiger partial charge in [-0.2, -0.15) is 0 Å². The Bertz CT molecular complexity index is 970. The fourth-order valence-corrected chi connectivity index (χ4v) is 2.52. The Labute approximate surface area is 162 Å². The highest BCUT2D eigenvalue weighted by Gasteiger charge is 2.08. The predicted molar refractivity (Wildman–Crippen MR) is 109 cm³/mol. The molecule has 0 saturated carbocycles. The lowest BCUT2D eigenvalue weighted by molar-refractivity contribution is -0.114. The van der Waals surface area contributed by atoms with E-state index >= 15 is 0 Å². The fraction of sp³-hybridized carbons (Fsp3) is 0.0952. The van der Waals surface area contributed by atoms with Crippen LogP contribution in [0, 0.1) is 0 Å². The van der Waals surface area contributed by atoms with Crippen LogP contribution in [0.3, 0.4) is 0 Å². The van der Waals surface area contributed by atoms with Crippen molar-refractivity contribution in [2.75, 3.05) is 23.1 Å². The first-order valence-electron chi connectivity index (χ1n) is 8.59. The molecule has 0 unspecified atom stereocenters. The molecular weight excluding hydrogens is 356 g/mol. The number of rotatable bonds is 6. The smallest absolute Gasteiger partial charge is 0.274 e. The van der Waals surface area contributed by atoms with Crippen LogP contribution in [-0.4, -0.2) is 23.9 Å². The number of hydrogen-bond acceptors (Lipinski definition) is 5. The van der Waals surface area contributed by atoms with Crippen molar-refractivity contribution in [1.82, 2.24) is 4.98 Å². The summed E-state index contributed by atoms with van der Waals surface area (Å²) in [5.41, 5.74) is 3.17. The molecule has 2 aromatic carbocycles. The zero-order valence-corrected chi connectivity index (χ0v) is 15.5. The van der Waals surface area contributed by atoms with Gasteiger partial charge in [0.05, 0.1) is 19.0 Å². The van der Waals surface area contributed by atoms with Crippen LogP contribution in [0.25, 0.3) is 0 Å². The second-order valence-electron chi connectivity index (χ2n) is 6.00. The summed E-state index contributed by atoms with van der Waals surface area (Å²) in [6, 6.07) is 17.8. The van der Waals surface area contributed by atoms with E-state index in [0.29, 0.717) is 22.8 Å². The normalized spacial score (nSPS) is 10.1. The van der Waals surface area contributed by atoms with E-state index in [2.05, 4.69) is 20.9 Å². The van der Waals surface area contributed by atoms with Gasteiger partial charge in [-0.25, -0.2) is 4.98 Å². The molecule has 0 bridgehead atoms. The highest BCUT2D eigenvalue weighted by Crippen LogP contribution is 2.20. The molecule has 0 saturated heterocycles. The summed E-state index contributed by atoms with van der Waals surface area (Å²) in [5, 5.41) is 8.70. The van der Waals surface area contributed by atoms with Gasteiger partial charge in [0, 0.05) is 24.0 Å². The zero-order valence-electron chi connectivity index (χ0n) is 15.5. The third-order valence-corrected chi connectivity index (χ3v) is 3.82. The van der Waals surface area contributed by atoms with E-state index in [1.807, 2.05) is 18.2 Å². The summed E-state index contributed by atoms with van der Waals surface area (Å²) in [6.45, 7) is 1.46. The summed E-state index contributed by atoms with van der Waals surface area (Å²) in [6.07, 6.45) is 1.58. The van der Waals surface area contributed by atoms with Crippen molar-refractivity contribution in [3.63, 3.8) is 0 Å². The van der Waals surface area contributed by atoms with Crippen LogP contribution in [0.2, 0.25) is 0 Å². The Morgan fingerprint density at radius 1 is 0.857 bits per heavy atom. The van der Waals surface area contributed by atoms with Gasteiger partial charge < -0.3 is 20.7 Å². The van der Waals surface area contributed by atoms with Gasteiger partial charge in [0.1, 0.15) is 11.4 Å². The summed E-state index contributed by atoms with van der Waals surface area (Å²) in [5.74, 6) is 0.282. The van der Waals surface area contributed by atoms with Gasteiger partial charge in [0.25, 0.3) is 5.91 Å². The molecule has 7 nitrogen and oxygen atoms in total. The molecular formula is C21H20N4O3. The Hall–Kier alpha value is -3.87. The van der Waals surface area contributed by atoms with Crippen molar-refractivity contribution in [3.8, 4) is 5.75 Å². The van der Waals surface area contributed by atoms with Crippen molar-refractivity contribution in [1.29, 1.82) is 0 Å². The van der Waals surface area contributed by atoms with Crippen LogP contribution < -0.4 is 20.7 Å². The molecule has 3 aromatic rings. The Morgan fingerprint density at radius 2 is 1.57 bits per heavy atom. The second-order valence-corrected chi connectivity index (χ2v) is 6.00. The molecule has 0 aliphatic heterocycles. The number of pyridine rings is 1. The Kier molecular flexibility index (Phi) is 5.86. The molecule has 1 heterocycles. The molecule has 0 fully saturated rings. The maximum atomic E-state index is 12.3. The van der Waals surface area contributed by atoms with Crippen molar-refractivity contribution < 1.29 is 14.3 Å². The number of methoxy groups -OCH3 is 1. The minimum absolute atomic E-state index is 0.133. The molecule has 1 aromatic heterocycles. The van der Waals surface area contributed by atoms with Crippen LogP contribution in [0.5, 0.6) is 5.75 Å². The van der Waals surface area contributed by atoms with Gasteiger partial charge in [-0.05, 0) is 54.6 Å². The molecule has 0 spiro atoms. The van der Waals surface area contributed by atoms with Gasteiger partial charge in [-0.1, -0.05) is 6.07 Å². The van der Waals surface area contributed by atoms with Gasteiger partial charge >= 0.3 is 0 Å². The average Bonchev–Trinajstić information content (AvgIpc) is 2.69. The number of hydrogen-bond donors (Lipinski definition) is 3. The van der Waals surface area contributed by atoms with E-state index < -0.39 is 0 Å². The van der Waals surface area contributed by atoms with Crippen molar-refractivity contribution in [2.24, 2.45) is 0 Å². The molecule has 0 aliphatic rings. The number of anilines is 4. The summed E-state index contributed by atoms with van der Waals surface area (Å²) in [7, 11) is 1.59. The molecule has 0 radical (unpaired) electrons. The third kappa shape index (κ3) is 5.07. The lowest BCUT2D eigenvalue weighted by Gasteiger charge is -2.09. The quantitative estimate of drug-likeness (QED) is 0.604. The number of nitrogens with one attached hydrogen (secondary N) is 3. The highest BCUT2D eigenvalue weighted by molar-refractivity contribution is 6.03. The number of amides is 2. The van der Waals surface area contributed by atoms with Gasteiger partial charge in [0.2, 0.25) is 5.91 Å². The lowest BCUT2D eigenvalue weighted by Crippen LogP contribution is -2.13. The molecule has 0 aliphatic carbocycles. The average molecular weight is 376 g/mol. The van der Waals surface area contributed by atoms with Crippen LogP contribution in [0.4, 0.5) is 22.7 Å². The maximum absolute atomic E-state index is 12.3. The summed E-state index contributed by atoms with van der Waals surface area (Å²) < 4.78 is 5.09. The van der Waals surface area contributed by atoms with Crippen LogP contribution in [0.15, 0.2) is 66.9 Å². The van der Waals surface area contributed by atoms with Crippen molar-refractivity contribution in [2.45, 2.75) is 6.92 Å². The summed E-state index contributed by atoms with van der Waals surface area (Å²) in [4.78, 5) is 27.7.